The van der Waals surface area contributed by atoms with Crippen LogP contribution in [0.25, 0.3) is 0 Å². The molecule has 0 aromatic heterocycles. The van der Waals surface area contributed by atoms with Crippen LogP contribution < -0.4 is 0 Å². The molecule has 1 aromatic rings. The van der Waals surface area contributed by atoms with Crippen LogP contribution in [0.1, 0.15) is 0 Å². The second-order valence-electron chi connectivity index (χ2n) is 2.66. The minimum Gasteiger partial charge on any atom is -0.467 e. The van der Waals surface area contributed by atoms with Crippen LogP contribution in [0.3, 0.4) is 0 Å². The lowest BCUT2D eigenvalue weighted by molar-refractivity contribution is -0.149. The van der Waals surface area contributed by atoms with Crippen LogP contribution in [-0.4, -0.2) is 30.0 Å². The Morgan fingerprint density at radius 3 is 2.71 bits per heavy atom. The number of esters is 1. The lowest BCUT2D eigenvalue weighted by Crippen LogP contribution is -2.23. The number of carbonyl (C=O) groups excluding carboxylic acids is 1. The summed E-state index contributed by atoms with van der Waals surface area (Å²) in [5.74, 6) is -0.273. The third kappa shape index (κ3) is 3.40. The number of thioether (sulfide) groups is 1. The van der Waals surface area contributed by atoms with Crippen LogP contribution in [0.15, 0.2) is 35.2 Å². The Morgan fingerprint density at radius 1 is 1.50 bits per heavy atom. The molecule has 0 saturated carbocycles. The van der Waals surface area contributed by atoms with E-state index in [0.29, 0.717) is 5.75 Å². The SMILES string of the molecule is COC(=O)C(O)CSc1ccccc1. The van der Waals surface area contributed by atoms with Crippen molar-refractivity contribution in [2.75, 3.05) is 12.9 Å². The average Bonchev–Trinajstić information content (AvgIpc) is 2.26. The minimum absolute atomic E-state index is 0.316. The third-order valence-corrected chi connectivity index (χ3v) is 2.71. The van der Waals surface area contributed by atoms with E-state index in [0.717, 1.165) is 4.90 Å². The molecule has 76 valence electrons. The van der Waals surface area contributed by atoms with Gasteiger partial charge >= 0.3 is 5.97 Å². The van der Waals surface area contributed by atoms with Crippen molar-refractivity contribution in [1.82, 2.24) is 0 Å². The van der Waals surface area contributed by atoms with Crippen molar-refractivity contribution in [3.63, 3.8) is 0 Å². The van der Waals surface area contributed by atoms with Crippen molar-refractivity contribution in [2.24, 2.45) is 0 Å². The zero-order chi connectivity index (χ0) is 10.4. The fourth-order valence-electron chi connectivity index (χ4n) is 0.896. The molecule has 3 nitrogen and oxygen atoms in total. The monoisotopic (exact) mass is 212 g/mol. The molecule has 4 heteroatoms. The number of carbonyl (C=O) groups is 1. The van der Waals surface area contributed by atoms with E-state index in [9.17, 15) is 9.90 Å². The molecular formula is C10H12O3S. The molecule has 1 atom stereocenters. The van der Waals surface area contributed by atoms with Gasteiger partial charge in [0.15, 0.2) is 6.10 Å². The lowest BCUT2D eigenvalue weighted by Gasteiger charge is -2.07. The largest absolute Gasteiger partial charge is 0.467 e. The van der Waals surface area contributed by atoms with Crippen LogP contribution >= 0.6 is 11.8 Å². The molecule has 0 aliphatic carbocycles. The maximum Gasteiger partial charge on any atom is 0.335 e. The van der Waals surface area contributed by atoms with E-state index in [2.05, 4.69) is 4.74 Å². The van der Waals surface area contributed by atoms with Gasteiger partial charge in [-0.2, -0.15) is 0 Å². The minimum atomic E-state index is -1.05. The van der Waals surface area contributed by atoms with Gasteiger partial charge in [-0.3, -0.25) is 0 Å². The molecule has 0 radical (unpaired) electrons. The predicted molar refractivity (Wildman–Crippen MR) is 55.2 cm³/mol. The highest BCUT2D eigenvalue weighted by atomic mass is 32.2. The third-order valence-electron chi connectivity index (χ3n) is 1.62. The Kier molecular flexibility index (Phi) is 4.49. The highest BCUT2D eigenvalue weighted by molar-refractivity contribution is 7.99. The molecule has 1 aromatic carbocycles. The van der Waals surface area contributed by atoms with Crippen molar-refractivity contribution < 1.29 is 14.6 Å². The number of benzene rings is 1. The molecule has 1 rings (SSSR count). The lowest BCUT2D eigenvalue weighted by atomic mass is 10.4. The Balaban J connectivity index is 2.38. The second kappa shape index (κ2) is 5.67. The summed E-state index contributed by atoms with van der Waals surface area (Å²) in [5.41, 5.74) is 0. The zero-order valence-corrected chi connectivity index (χ0v) is 8.66. The normalized spacial score (nSPS) is 12.1. The first-order valence-corrected chi connectivity index (χ1v) is 5.16. The van der Waals surface area contributed by atoms with Crippen LogP contribution in [0.2, 0.25) is 0 Å². The Labute approximate surface area is 87.1 Å². The van der Waals surface area contributed by atoms with Crippen molar-refractivity contribution in [1.29, 1.82) is 0 Å². The summed E-state index contributed by atoms with van der Waals surface area (Å²) in [6.45, 7) is 0. The van der Waals surface area contributed by atoms with E-state index in [-0.39, 0.29) is 0 Å². The van der Waals surface area contributed by atoms with Crippen molar-refractivity contribution in [3.05, 3.63) is 30.3 Å². The van der Waals surface area contributed by atoms with Crippen LogP contribution in [0.4, 0.5) is 0 Å². The number of ether oxygens (including phenoxy) is 1. The number of methoxy groups -OCH3 is 1. The number of hydrogen-bond donors (Lipinski definition) is 1. The molecule has 14 heavy (non-hydrogen) atoms. The van der Waals surface area contributed by atoms with Gasteiger partial charge in [0.05, 0.1) is 7.11 Å². The van der Waals surface area contributed by atoms with Crippen molar-refractivity contribution in [2.45, 2.75) is 11.0 Å². The van der Waals surface area contributed by atoms with Gasteiger partial charge in [-0.05, 0) is 12.1 Å². The van der Waals surface area contributed by atoms with Gasteiger partial charge in [0, 0.05) is 10.6 Å². The fraction of sp³-hybridized carbons (Fsp3) is 0.300. The molecule has 0 heterocycles. The highest BCUT2D eigenvalue weighted by Gasteiger charge is 2.14. The first-order valence-electron chi connectivity index (χ1n) is 4.18. The first kappa shape index (κ1) is 11.1. The Morgan fingerprint density at radius 2 is 2.14 bits per heavy atom. The van der Waals surface area contributed by atoms with E-state index < -0.39 is 12.1 Å². The Hall–Kier alpha value is -1.00. The van der Waals surface area contributed by atoms with Crippen LogP contribution in [0, 0.1) is 0 Å². The van der Waals surface area contributed by atoms with E-state index in [4.69, 9.17) is 0 Å². The van der Waals surface area contributed by atoms with Crippen molar-refractivity contribution in [3.8, 4) is 0 Å². The molecule has 0 aliphatic heterocycles. The molecular weight excluding hydrogens is 200 g/mol. The summed E-state index contributed by atoms with van der Waals surface area (Å²) in [5, 5.41) is 9.28. The molecule has 1 N–H and O–H groups in total. The van der Waals surface area contributed by atoms with Gasteiger partial charge in [0.2, 0.25) is 0 Å². The molecule has 1 unspecified atom stereocenters. The second-order valence-corrected chi connectivity index (χ2v) is 3.76. The molecule has 0 fully saturated rings. The standard InChI is InChI=1S/C10H12O3S/c1-13-10(12)9(11)7-14-8-5-3-2-4-6-8/h2-6,9,11H,7H2,1H3. The maximum atomic E-state index is 10.8. The summed E-state index contributed by atoms with van der Waals surface area (Å²) in [6, 6.07) is 9.59. The van der Waals surface area contributed by atoms with E-state index in [1.807, 2.05) is 30.3 Å². The number of aliphatic hydroxyl groups excluding tert-OH is 1. The summed E-state index contributed by atoms with van der Waals surface area (Å²) in [7, 11) is 1.26. The summed E-state index contributed by atoms with van der Waals surface area (Å²) in [4.78, 5) is 11.9. The van der Waals surface area contributed by atoms with Gasteiger partial charge in [0.25, 0.3) is 0 Å². The average molecular weight is 212 g/mol. The van der Waals surface area contributed by atoms with Gasteiger partial charge in [-0.15, -0.1) is 11.8 Å². The maximum absolute atomic E-state index is 10.8. The summed E-state index contributed by atoms with van der Waals surface area (Å²) in [6.07, 6.45) is -1.05. The highest BCUT2D eigenvalue weighted by Crippen LogP contribution is 2.17. The van der Waals surface area contributed by atoms with Crippen molar-refractivity contribution >= 4 is 17.7 Å². The quantitative estimate of drug-likeness (QED) is 0.604. The molecule has 0 spiro atoms. The van der Waals surface area contributed by atoms with Gasteiger partial charge in [0.1, 0.15) is 0 Å². The van der Waals surface area contributed by atoms with Crippen LogP contribution in [0.5, 0.6) is 0 Å². The number of aliphatic hydroxyl groups is 1. The van der Waals surface area contributed by atoms with Gasteiger partial charge < -0.3 is 9.84 Å². The topological polar surface area (TPSA) is 46.5 Å². The summed E-state index contributed by atoms with van der Waals surface area (Å²) >= 11 is 1.42. The van der Waals surface area contributed by atoms with E-state index in [1.165, 1.54) is 18.9 Å². The van der Waals surface area contributed by atoms with Gasteiger partial charge in [-0.25, -0.2) is 4.79 Å². The smallest absolute Gasteiger partial charge is 0.335 e. The zero-order valence-electron chi connectivity index (χ0n) is 7.84. The van der Waals surface area contributed by atoms with Crippen LogP contribution in [-0.2, 0) is 9.53 Å². The fourth-order valence-corrected chi connectivity index (χ4v) is 1.73. The first-order chi connectivity index (χ1) is 6.74. The van der Waals surface area contributed by atoms with Gasteiger partial charge in [-0.1, -0.05) is 18.2 Å². The number of hydrogen-bond acceptors (Lipinski definition) is 4. The molecule has 0 amide bonds. The van der Waals surface area contributed by atoms with E-state index >= 15 is 0 Å². The number of rotatable bonds is 4. The summed E-state index contributed by atoms with van der Waals surface area (Å²) < 4.78 is 4.40. The predicted octanol–water partition coefficient (Wildman–Crippen LogP) is 1.31. The molecule has 0 bridgehead atoms. The Bertz CT molecular complexity index is 287. The molecule has 0 saturated heterocycles. The molecule has 0 aliphatic rings. The van der Waals surface area contributed by atoms with E-state index in [1.54, 1.807) is 0 Å².